The highest BCUT2D eigenvalue weighted by atomic mass is 79.9. The number of rotatable bonds is 4. The molecule has 1 aromatic rings. The van der Waals surface area contributed by atoms with Crippen LogP contribution in [-0.2, 0) is 6.18 Å². The zero-order valence-corrected chi connectivity index (χ0v) is 10.5. The fraction of sp³-hybridized carbons (Fsp3) is 0.364. The summed E-state index contributed by atoms with van der Waals surface area (Å²) in [4.78, 5) is 11.5. The molecule has 0 fully saturated rings. The molecule has 100 valence electrons. The Kier molecular flexibility index (Phi) is 4.84. The molecule has 1 rings (SSSR count). The van der Waals surface area contributed by atoms with E-state index in [1.54, 1.807) is 0 Å². The monoisotopic (exact) mass is 330 g/mol. The normalized spacial score (nSPS) is 11.9. The van der Waals surface area contributed by atoms with E-state index in [1.165, 1.54) is 0 Å². The van der Waals surface area contributed by atoms with Crippen LogP contribution in [0.15, 0.2) is 18.2 Å². The van der Waals surface area contributed by atoms with Crippen LogP contribution in [0.1, 0.15) is 34.3 Å². The van der Waals surface area contributed by atoms with Crippen LogP contribution in [0.4, 0.5) is 22.0 Å². The van der Waals surface area contributed by atoms with Crippen LogP contribution in [-0.4, -0.2) is 11.1 Å². The lowest BCUT2D eigenvalue weighted by Crippen LogP contribution is -2.14. The summed E-state index contributed by atoms with van der Waals surface area (Å²) >= 11 is 2.94. The third kappa shape index (κ3) is 3.28. The van der Waals surface area contributed by atoms with Crippen LogP contribution < -0.4 is 0 Å². The molecule has 0 aliphatic heterocycles. The van der Waals surface area contributed by atoms with Gasteiger partial charge >= 0.3 is 6.18 Å². The van der Waals surface area contributed by atoms with E-state index in [0.717, 1.165) is 12.1 Å². The average Bonchev–Trinajstić information content (AvgIpc) is 2.27. The zero-order valence-electron chi connectivity index (χ0n) is 8.90. The van der Waals surface area contributed by atoms with Crippen LogP contribution in [0.2, 0.25) is 0 Å². The van der Waals surface area contributed by atoms with Crippen LogP contribution in [0.25, 0.3) is 0 Å². The standard InChI is InChI=1S/C11H8BrF5O/c12-5-4-8(18)6-2-1-3-7(11(15,16)17)9(6)10(13)14/h1-3,10H,4-5H2. The predicted molar refractivity (Wildman–Crippen MR) is 59.1 cm³/mol. The molecule has 0 aliphatic carbocycles. The predicted octanol–water partition coefficient (Wildman–Crippen LogP) is 4.61. The maximum Gasteiger partial charge on any atom is 0.416 e. The first-order valence-corrected chi connectivity index (χ1v) is 5.98. The molecule has 18 heavy (non-hydrogen) atoms. The van der Waals surface area contributed by atoms with Crippen molar-refractivity contribution >= 4 is 21.7 Å². The highest BCUT2D eigenvalue weighted by Gasteiger charge is 2.37. The van der Waals surface area contributed by atoms with Gasteiger partial charge in [0.2, 0.25) is 0 Å². The van der Waals surface area contributed by atoms with Crippen molar-refractivity contribution in [2.24, 2.45) is 0 Å². The highest BCUT2D eigenvalue weighted by Crippen LogP contribution is 2.38. The molecule has 7 heteroatoms. The van der Waals surface area contributed by atoms with E-state index in [2.05, 4.69) is 15.9 Å². The summed E-state index contributed by atoms with van der Waals surface area (Å²) in [6, 6.07) is 2.49. The van der Waals surface area contributed by atoms with Crippen LogP contribution in [0.5, 0.6) is 0 Å². The summed E-state index contributed by atoms with van der Waals surface area (Å²) in [5.41, 5.74) is -3.27. The van der Waals surface area contributed by atoms with Gasteiger partial charge < -0.3 is 0 Å². The van der Waals surface area contributed by atoms with Crippen molar-refractivity contribution in [3.05, 3.63) is 34.9 Å². The van der Waals surface area contributed by atoms with Crippen molar-refractivity contribution < 1.29 is 26.7 Å². The van der Waals surface area contributed by atoms with Gasteiger partial charge in [0.25, 0.3) is 6.43 Å². The number of halogens is 6. The molecule has 0 bridgehead atoms. The fourth-order valence-corrected chi connectivity index (χ4v) is 1.87. The Bertz CT molecular complexity index is 442. The molecule has 1 aromatic carbocycles. The molecular weight excluding hydrogens is 323 g/mol. The number of hydrogen-bond donors (Lipinski definition) is 0. The highest BCUT2D eigenvalue weighted by molar-refractivity contribution is 9.09. The number of hydrogen-bond acceptors (Lipinski definition) is 1. The third-order valence-electron chi connectivity index (χ3n) is 2.25. The minimum Gasteiger partial charge on any atom is -0.294 e. The second kappa shape index (κ2) is 5.77. The first kappa shape index (κ1) is 15.1. The van der Waals surface area contributed by atoms with E-state index in [1.807, 2.05) is 0 Å². The van der Waals surface area contributed by atoms with Crippen molar-refractivity contribution in [1.29, 1.82) is 0 Å². The topological polar surface area (TPSA) is 17.1 Å². The summed E-state index contributed by atoms with van der Waals surface area (Å²) in [5.74, 6) is -0.742. The van der Waals surface area contributed by atoms with E-state index in [4.69, 9.17) is 0 Å². The summed E-state index contributed by atoms with van der Waals surface area (Å²) in [5, 5.41) is 0.199. The Morgan fingerprint density at radius 2 is 1.89 bits per heavy atom. The number of benzene rings is 1. The minimum absolute atomic E-state index is 0.138. The van der Waals surface area contributed by atoms with Crippen molar-refractivity contribution in [3.8, 4) is 0 Å². The number of carbonyl (C=O) groups excluding carboxylic acids is 1. The van der Waals surface area contributed by atoms with Gasteiger partial charge in [-0.15, -0.1) is 0 Å². The Morgan fingerprint density at radius 1 is 1.28 bits per heavy atom. The molecule has 0 aliphatic rings. The van der Waals surface area contributed by atoms with Crippen LogP contribution in [0.3, 0.4) is 0 Å². The Balaban J connectivity index is 3.40. The van der Waals surface area contributed by atoms with E-state index < -0.39 is 35.1 Å². The van der Waals surface area contributed by atoms with Gasteiger partial charge in [0, 0.05) is 22.9 Å². The first-order valence-electron chi connectivity index (χ1n) is 4.86. The molecule has 0 unspecified atom stereocenters. The quantitative estimate of drug-likeness (QED) is 0.447. The van der Waals surface area contributed by atoms with Crippen molar-refractivity contribution in [2.75, 3.05) is 5.33 Å². The van der Waals surface area contributed by atoms with Gasteiger partial charge in [0.15, 0.2) is 5.78 Å². The summed E-state index contributed by atoms with van der Waals surface area (Å²) in [6.07, 6.45) is -8.39. The molecule has 1 nitrogen and oxygen atoms in total. The molecule has 0 N–H and O–H groups in total. The third-order valence-corrected chi connectivity index (χ3v) is 2.65. The molecule has 0 saturated carbocycles. The number of ketones is 1. The van der Waals surface area contributed by atoms with Gasteiger partial charge in [-0.1, -0.05) is 28.1 Å². The van der Waals surface area contributed by atoms with E-state index in [-0.39, 0.29) is 11.8 Å². The largest absolute Gasteiger partial charge is 0.416 e. The smallest absolute Gasteiger partial charge is 0.294 e. The molecular formula is C11H8BrF5O. The van der Waals surface area contributed by atoms with Crippen molar-refractivity contribution in [2.45, 2.75) is 19.0 Å². The average molecular weight is 331 g/mol. The Hall–Kier alpha value is -0.980. The molecule has 0 heterocycles. The Morgan fingerprint density at radius 3 is 2.33 bits per heavy atom. The van der Waals surface area contributed by atoms with Crippen molar-refractivity contribution in [3.63, 3.8) is 0 Å². The SMILES string of the molecule is O=C(CCBr)c1cccc(C(F)(F)F)c1C(F)F. The maximum atomic E-state index is 12.8. The van der Waals surface area contributed by atoms with Gasteiger partial charge in [0.1, 0.15) is 0 Å². The van der Waals surface area contributed by atoms with Crippen molar-refractivity contribution in [1.82, 2.24) is 0 Å². The zero-order chi connectivity index (χ0) is 13.9. The lowest BCUT2D eigenvalue weighted by molar-refractivity contribution is -0.139. The van der Waals surface area contributed by atoms with E-state index in [9.17, 15) is 26.7 Å². The summed E-state index contributed by atoms with van der Waals surface area (Å²) < 4.78 is 63.3. The minimum atomic E-state index is -4.91. The molecule has 0 radical (unpaired) electrons. The maximum absolute atomic E-state index is 12.8. The Labute approximate surface area is 108 Å². The number of carbonyl (C=O) groups is 1. The second-order valence-electron chi connectivity index (χ2n) is 3.43. The van der Waals surface area contributed by atoms with Gasteiger partial charge in [-0.25, -0.2) is 8.78 Å². The van der Waals surface area contributed by atoms with Gasteiger partial charge in [-0.3, -0.25) is 4.79 Å². The molecule has 0 spiro atoms. The lowest BCUT2D eigenvalue weighted by atomic mass is 9.97. The van der Waals surface area contributed by atoms with Crippen LogP contribution >= 0.6 is 15.9 Å². The second-order valence-corrected chi connectivity index (χ2v) is 4.22. The van der Waals surface area contributed by atoms with E-state index >= 15 is 0 Å². The molecule has 0 amide bonds. The summed E-state index contributed by atoms with van der Waals surface area (Å²) in [6.45, 7) is 0. The first-order chi connectivity index (χ1) is 8.29. The fourth-order valence-electron chi connectivity index (χ4n) is 1.51. The van der Waals surface area contributed by atoms with Crippen LogP contribution in [0, 0.1) is 0 Å². The molecule has 0 aromatic heterocycles. The molecule has 0 saturated heterocycles. The molecule has 0 atom stereocenters. The van der Waals surface area contributed by atoms with E-state index in [0.29, 0.717) is 6.07 Å². The van der Waals surface area contributed by atoms with Gasteiger partial charge in [-0.2, -0.15) is 13.2 Å². The number of Topliss-reactive ketones (excluding diaryl/α,β-unsaturated/α-hetero) is 1. The summed E-state index contributed by atoms with van der Waals surface area (Å²) in [7, 11) is 0. The lowest BCUT2D eigenvalue weighted by Gasteiger charge is -2.15. The van der Waals surface area contributed by atoms with Gasteiger partial charge in [0.05, 0.1) is 5.56 Å². The van der Waals surface area contributed by atoms with Gasteiger partial charge in [-0.05, 0) is 6.07 Å². The number of alkyl halides is 6.